The molecule has 7 nitrogen and oxygen atoms in total. The molecule has 2 aromatic rings. The zero-order chi connectivity index (χ0) is 23.4. The molecule has 32 heavy (non-hydrogen) atoms. The molecular formula is C24H33N3O4S. The van der Waals surface area contributed by atoms with Gasteiger partial charge in [-0.2, -0.15) is 4.31 Å². The fraction of sp³-hybridized carbons (Fsp3) is 0.458. The highest BCUT2D eigenvalue weighted by molar-refractivity contribution is 7.89. The summed E-state index contributed by atoms with van der Waals surface area (Å²) >= 11 is 0. The van der Waals surface area contributed by atoms with Crippen LogP contribution < -0.4 is 10.1 Å². The molecule has 0 bridgehead atoms. The molecule has 1 aliphatic heterocycles. The van der Waals surface area contributed by atoms with Crippen LogP contribution >= 0.6 is 0 Å². The molecule has 0 atom stereocenters. The van der Waals surface area contributed by atoms with Crippen molar-refractivity contribution < 1.29 is 17.9 Å². The van der Waals surface area contributed by atoms with Gasteiger partial charge in [0.2, 0.25) is 10.0 Å². The van der Waals surface area contributed by atoms with E-state index in [2.05, 4.69) is 31.0 Å². The lowest BCUT2D eigenvalue weighted by Crippen LogP contribution is -2.47. The zero-order valence-electron chi connectivity index (χ0n) is 19.3. The van der Waals surface area contributed by atoms with E-state index in [0.29, 0.717) is 44.9 Å². The normalized spacial score (nSPS) is 16.0. The first-order valence-corrected chi connectivity index (χ1v) is 12.3. The molecule has 1 saturated heterocycles. The molecule has 174 valence electrons. The number of carbonyl (C=O) groups is 1. The number of ether oxygens (including phenoxy) is 1. The number of likely N-dealkylation sites (N-methyl/N-ethyl adjacent to an activating group) is 1. The van der Waals surface area contributed by atoms with Gasteiger partial charge in [0.15, 0.2) is 0 Å². The van der Waals surface area contributed by atoms with Crippen molar-refractivity contribution in [3.63, 3.8) is 0 Å². The van der Waals surface area contributed by atoms with E-state index >= 15 is 0 Å². The molecule has 1 fully saturated rings. The quantitative estimate of drug-likeness (QED) is 0.644. The fourth-order valence-corrected chi connectivity index (χ4v) is 5.08. The van der Waals surface area contributed by atoms with E-state index < -0.39 is 10.0 Å². The lowest BCUT2D eigenvalue weighted by molar-refractivity contribution is 0.0946. The summed E-state index contributed by atoms with van der Waals surface area (Å²) < 4.78 is 33.3. The Morgan fingerprint density at radius 1 is 1.03 bits per heavy atom. The van der Waals surface area contributed by atoms with Gasteiger partial charge in [-0.1, -0.05) is 45.0 Å². The summed E-state index contributed by atoms with van der Waals surface area (Å²) in [6, 6.07) is 14.1. The molecule has 1 heterocycles. The van der Waals surface area contributed by atoms with E-state index in [9.17, 15) is 13.2 Å². The van der Waals surface area contributed by atoms with Crippen molar-refractivity contribution in [3.05, 3.63) is 59.7 Å². The van der Waals surface area contributed by atoms with Crippen LogP contribution in [0.1, 0.15) is 36.7 Å². The second kappa shape index (κ2) is 10.0. The fourth-order valence-electron chi connectivity index (χ4n) is 3.62. The number of piperazine rings is 1. The number of benzene rings is 2. The van der Waals surface area contributed by atoms with E-state index in [0.717, 1.165) is 11.3 Å². The number of nitrogens with zero attached hydrogens (tertiary/aromatic N) is 2. The highest BCUT2D eigenvalue weighted by Gasteiger charge is 2.28. The van der Waals surface area contributed by atoms with E-state index in [1.54, 1.807) is 12.1 Å². The molecule has 0 aliphatic carbocycles. The molecule has 0 radical (unpaired) electrons. The van der Waals surface area contributed by atoms with Gasteiger partial charge in [0.25, 0.3) is 5.91 Å². The molecule has 2 aromatic carbocycles. The third-order valence-corrected chi connectivity index (χ3v) is 7.43. The van der Waals surface area contributed by atoms with E-state index in [1.165, 1.54) is 16.4 Å². The SMILES string of the molecule is CN1CCN(S(=O)(=O)c2cccc(C(=O)NCCOc3ccccc3C(C)(C)C)c2)CC1. The van der Waals surface area contributed by atoms with E-state index in [1.807, 2.05) is 31.3 Å². The number of carbonyl (C=O) groups excluding carboxylic acids is 1. The number of amides is 1. The second-order valence-electron chi connectivity index (χ2n) is 9.09. The summed E-state index contributed by atoms with van der Waals surface area (Å²) in [6.07, 6.45) is 0. The topological polar surface area (TPSA) is 79.0 Å². The smallest absolute Gasteiger partial charge is 0.251 e. The van der Waals surface area contributed by atoms with Gasteiger partial charge in [-0.25, -0.2) is 8.42 Å². The molecule has 0 aromatic heterocycles. The maximum Gasteiger partial charge on any atom is 0.251 e. The Bertz CT molecular complexity index is 1040. The molecule has 1 amide bonds. The molecule has 3 rings (SSSR count). The van der Waals surface area contributed by atoms with Gasteiger partial charge < -0.3 is 15.0 Å². The van der Waals surface area contributed by atoms with Crippen molar-refractivity contribution in [1.29, 1.82) is 0 Å². The monoisotopic (exact) mass is 459 g/mol. The highest BCUT2D eigenvalue weighted by atomic mass is 32.2. The Labute approximate surface area is 191 Å². The summed E-state index contributed by atoms with van der Waals surface area (Å²) in [4.78, 5) is 14.8. The number of rotatable bonds is 7. The lowest BCUT2D eigenvalue weighted by Gasteiger charge is -2.31. The van der Waals surface area contributed by atoms with Crippen molar-refractivity contribution in [3.8, 4) is 5.75 Å². The Morgan fingerprint density at radius 3 is 2.41 bits per heavy atom. The lowest BCUT2D eigenvalue weighted by atomic mass is 9.86. The average molecular weight is 460 g/mol. The van der Waals surface area contributed by atoms with Crippen LogP contribution in [-0.2, 0) is 15.4 Å². The van der Waals surface area contributed by atoms with Gasteiger partial charge >= 0.3 is 0 Å². The summed E-state index contributed by atoms with van der Waals surface area (Å²) in [5, 5.41) is 2.81. The van der Waals surface area contributed by atoms with Crippen LogP contribution in [0.25, 0.3) is 0 Å². The molecule has 0 unspecified atom stereocenters. The maximum absolute atomic E-state index is 13.0. The Balaban J connectivity index is 1.59. The zero-order valence-corrected chi connectivity index (χ0v) is 20.1. The third kappa shape index (κ3) is 5.88. The minimum atomic E-state index is -3.62. The van der Waals surface area contributed by atoms with Crippen LogP contribution in [0.4, 0.5) is 0 Å². The predicted molar refractivity (Wildman–Crippen MR) is 126 cm³/mol. The minimum Gasteiger partial charge on any atom is -0.491 e. The van der Waals surface area contributed by atoms with Crippen LogP contribution in [0.3, 0.4) is 0 Å². The standard InChI is InChI=1S/C24H33N3O4S/c1-24(2,3)21-10-5-6-11-22(21)31-17-12-25-23(28)19-8-7-9-20(18-19)32(29,30)27-15-13-26(4)14-16-27/h5-11,18H,12-17H2,1-4H3,(H,25,28). The first-order valence-electron chi connectivity index (χ1n) is 10.9. The van der Waals surface area contributed by atoms with Gasteiger partial charge in [-0.15, -0.1) is 0 Å². The van der Waals surface area contributed by atoms with Crippen LogP contribution in [0.15, 0.2) is 53.4 Å². The van der Waals surface area contributed by atoms with Gasteiger partial charge in [0.1, 0.15) is 12.4 Å². The maximum atomic E-state index is 13.0. The summed E-state index contributed by atoms with van der Waals surface area (Å²) in [5.74, 6) is 0.475. The summed E-state index contributed by atoms with van der Waals surface area (Å²) in [5.41, 5.74) is 1.37. The molecule has 1 aliphatic rings. The molecular weight excluding hydrogens is 426 g/mol. The molecule has 0 spiro atoms. The molecule has 0 saturated carbocycles. The Kier molecular flexibility index (Phi) is 7.59. The number of para-hydroxylation sites is 1. The second-order valence-corrected chi connectivity index (χ2v) is 11.0. The first-order chi connectivity index (χ1) is 15.1. The van der Waals surface area contributed by atoms with Crippen molar-refractivity contribution in [2.45, 2.75) is 31.1 Å². The van der Waals surface area contributed by atoms with Crippen molar-refractivity contribution in [2.75, 3.05) is 46.4 Å². The van der Waals surface area contributed by atoms with Crippen LogP contribution in [0.5, 0.6) is 5.75 Å². The largest absolute Gasteiger partial charge is 0.491 e. The molecule has 8 heteroatoms. The van der Waals surface area contributed by atoms with Crippen LogP contribution in [0.2, 0.25) is 0 Å². The Morgan fingerprint density at radius 2 is 1.72 bits per heavy atom. The minimum absolute atomic E-state index is 0.0461. The number of nitrogens with one attached hydrogen (secondary N) is 1. The number of hydrogen-bond donors (Lipinski definition) is 1. The Hall–Kier alpha value is -2.42. The summed E-state index contributed by atoms with van der Waals surface area (Å²) in [6.45, 7) is 9.28. The van der Waals surface area contributed by atoms with Gasteiger partial charge in [-0.3, -0.25) is 4.79 Å². The van der Waals surface area contributed by atoms with Crippen LogP contribution in [-0.4, -0.2) is 69.9 Å². The first kappa shape index (κ1) is 24.2. The van der Waals surface area contributed by atoms with Crippen molar-refractivity contribution in [2.24, 2.45) is 0 Å². The van der Waals surface area contributed by atoms with Gasteiger partial charge in [0.05, 0.1) is 11.4 Å². The number of sulfonamides is 1. The summed E-state index contributed by atoms with van der Waals surface area (Å²) in [7, 11) is -1.65. The van der Waals surface area contributed by atoms with Gasteiger partial charge in [-0.05, 0) is 42.3 Å². The van der Waals surface area contributed by atoms with Gasteiger partial charge in [0, 0.05) is 31.7 Å². The number of hydrogen-bond acceptors (Lipinski definition) is 5. The molecule has 1 N–H and O–H groups in total. The average Bonchev–Trinajstić information content (AvgIpc) is 2.76. The van der Waals surface area contributed by atoms with Crippen molar-refractivity contribution in [1.82, 2.24) is 14.5 Å². The predicted octanol–water partition coefficient (Wildman–Crippen LogP) is 2.73. The van der Waals surface area contributed by atoms with E-state index in [4.69, 9.17) is 4.74 Å². The van der Waals surface area contributed by atoms with Crippen LogP contribution in [0, 0.1) is 0 Å². The van der Waals surface area contributed by atoms with Crippen molar-refractivity contribution >= 4 is 15.9 Å². The van der Waals surface area contributed by atoms with E-state index in [-0.39, 0.29) is 16.2 Å². The highest BCUT2D eigenvalue weighted by Crippen LogP contribution is 2.30. The third-order valence-electron chi connectivity index (χ3n) is 5.54.